The van der Waals surface area contributed by atoms with Crippen molar-refractivity contribution in [3.05, 3.63) is 51.4 Å². The Labute approximate surface area is 270 Å². The molecule has 5 nitrogen and oxygen atoms in total. The van der Waals surface area contributed by atoms with Crippen molar-refractivity contribution in [2.45, 2.75) is 125 Å². The van der Waals surface area contributed by atoms with Crippen molar-refractivity contribution >= 4 is 16.9 Å². The Kier molecular flexibility index (Phi) is 9.04. The van der Waals surface area contributed by atoms with Crippen LogP contribution in [-0.4, -0.2) is 18.7 Å². The molecule has 4 aliphatic carbocycles. The number of hydrogen-bond donors (Lipinski definition) is 0. The van der Waals surface area contributed by atoms with Crippen molar-refractivity contribution in [1.82, 2.24) is 0 Å². The minimum Gasteiger partial charge on any atom is -0.482 e. The summed E-state index contributed by atoms with van der Waals surface area (Å²) in [7, 11) is 0. The Morgan fingerprint density at radius 3 is 2.58 bits per heavy atom. The van der Waals surface area contributed by atoms with E-state index in [0.29, 0.717) is 22.3 Å². The van der Waals surface area contributed by atoms with Gasteiger partial charge >= 0.3 is 11.6 Å². The summed E-state index contributed by atoms with van der Waals surface area (Å²) in [5.41, 5.74) is 3.90. The summed E-state index contributed by atoms with van der Waals surface area (Å²) in [6.07, 6.45) is 16.3. The van der Waals surface area contributed by atoms with Crippen LogP contribution in [0.5, 0.6) is 5.75 Å². The molecule has 0 aliphatic heterocycles. The van der Waals surface area contributed by atoms with Gasteiger partial charge < -0.3 is 13.9 Å². The van der Waals surface area contributed by atoms with E-state index in [9.17, 15) is 9.59 Å². The molecule has 0 bridgehead atoms. The van der Waals surface area contributed by atoms with Gasteiger partial charge in [0.2, 0.25) is 0 Å². The van der Waals surface area contributed by atoms with Gasteiger partial charge in [-0.05, 0) is 123 Å². The first-order valence-electron chi connectivity index (χ1n) is 18.0. The van der Waals surface area contributed by atoms with Crippen LogP contribution < -0.4 is 10.4 Å². The number of carbonyl (C=O) groups excluding carboxylic acids is 1. The summed E-state index contributed by atoms with van der Waals surface area (Å²) < 4.78 is 17.2. The molecule has 0 saturated heterocycles. The maximum absolute atomic E-state index is 12.9. The number of ether oxygens (including phenoxy) is 2. The Hall–Kier alpha value is -2.56. The molecule has 0 amide bonds. The zero-order valence-electron chi connectivity index (χ0n) is 28.9. The van der Waals surface area contributed by atoms with Gasteiger partial charge in [-0.25, -0.2) is 9.59 Å². The third-order valence-corrected chi connectivity index (χ3v) is 13.3. The SMILES string of the molecule is Cc1c(C)c2ccc(OCC(=O)O[C@H]3CC[C@@]4(C)C(=CC[C@H]5[C@@H]6CC[C@H]([C@H](C)CCCC(C)C)[C@@]6(C)CC[C@@H]54)C3)cc2oc1=O. The van der Waals surface area contributed by atoms with Crippen molar-refractivity contribution in [2.75, 3.05) is 6.61 Å². The van der Waals surface area contributed by atoms with Crippen LogP contribution >= 0.6 is 0 Å². The predicted molar refractivity (Wildman–Crippen MR) is 180 cm³/mol. The first kappa shape index (κ1) is 32.4. The van der Waals surface area contributed by atoms with E-state index in [2.05, 4.69) is 40.7 Å². The van der Waals surface area contributed by atoms with Crippen LogP contribution in [0.4, 0.5) is 0 Å². The van der Waals surface area contributed by atoms with E-state index in [-0.39, 0.29) is 29.7 Å². The standard InChI is InChI=1S/C40H56O5/c1-24(2)9-8-10-25(3)33-15-16-34-32-13-11-28-21-30(17-19-39(28,6)35(32)18-20-40(33,34)7)44-37(41)23-43-29-12-14-31-26(4)27(5)38(42)45-36(31)22-29/h11-12,14,22,24-25,30,32-35H,8-10,13,15-21,23H2,1-7H3/t25-,30+,32+,33-,34+,35+,39+,40-/m1/s1. The topological polar surface area (TPSA) is 65.7 Å². The zero-order valence-corrected chi connectivity index (χ0v) is 28.9. The number of esters is 1. The molecule has 1 aromatic carbocycles. The van der Waals surface area contributed by atoms with Crippen LogP contribution in [-0.2, 0) is 9.53 Å². The third-order valence-electron chi connectivity index (χ3n) is 13.3. The molecule has 1 heterocycles. The van der Waals surface area contributed by atoms with Crippen molar-refractivity contribution < 1.29 is 18.7 Å². The van der Waals surface area contributed by atoms with E-state index in [1.54, 1.807) is 13.0 Å². The molecule has 3 fully saturated rings. The molecule has 1 aromatic heterocycles. The fourth-order valence-electron chi connectivity index (χ4n) is 10.6. The molecule has 2 aromatic rings. The molecular weight excluding hydrogens is 560 g/mol. The number of benzene rings is 1. The van der Waals surface area contributed by atoms with Crippen molar-refractivity contribution in [3.8, 4) is 5.75 Å². The average molecular weight is 617 g/mol. The Bertz CT molecular complexity index is 1500. The number of rotatable bonds is 9. The fourth-order valence-corrected chi connectivity index (χ4v) is 10.6. The third kappa shape index (κ3) is 6.02. The van der Waals surface area contributed by atoms with E-state index >= 15 is 0 Å². The molecule has 8 atom stereocenters. The van der Waals surface area contributed by atoms with Crippen LogP contribution in [0.1, 0.15) is 116 Å². The quantitative estimate of drug-likeness (QED) is 0.159. The summed E-state index contributed by atoms with van der Waals surface area (Å²) in [4.78, 5) is 25.0. The Morgan fingerprint density at radius 2 is 1.80 bits per heavy atom. The second-order valence-electron chi connectivity index (χ2n) is 16.2. The lowest BCUT2D eigenvalue weighted by Gasteiger charge is -2.58. The van der Waals surface area contributed by atoms with E-state index < -0.39 is 0 Å². The van der Waals surface area contributed by atoms with Crippen molar-refractivity contribution in [3.63, 3.8) is 0 Å². The van der Waals surface area contributed by atoms with Crippen LogP contribution in [0.2, 0.25) is 0 Å². The van der Waals surface area contributed by atoms with E-state index in [0.717, 1.165) is 65.7 Å². The average Bonchev–Trinajstić information content (AvgIpc) is 3.36. The van der Waals surface area contributed by atoms with E-state index in [1.807, 2.05) is 19.1 Å². The van der Waals surface area contributed by atoms with Gasteiger partial charge in [-0.15, -0.1) is 0 Å². The maximum atomic E-state index is 12.9. The Morgan fingerprint density at radius 1 is 1.00 bits per heavy atom. The molecule has 246 valence electrons. The zero-order chi connectivity index (χ0) is 32.1. The number of aryl methyl sites for hydroxylation is 1. The number of carbonyl (C=O) groups is 1. The second kappa shape index (κ2) is 12.6. The van der Waals surface area contributed by atoms with E-state index in [1.165, 1.54) is 56.9 Å². The van der Waals surface area contributed by atoms with Crippen LogP contribution in [0.25, 0.3) is 11.0 Å². The summed E-state index contributed by atoms with van der Waals surface area (Å²) in [6.45, 7) is 16.0. The monoisotopic (exact) mass is 616 g/mol. The molecule has 0 unspecified atom stereocenters. The van der Waals surface area contributed by atoms with Gasteiger partial charge in [-0.3, -0.25) is 0 Å². The molecule has 45 heavy (non-hydrogen) atoms. The van der Waals surface area contributed by atoms with E-state index in [4.69, 9.17) is 13.9 Å². The highest BCUT2D eigenvalue weighted by molar-refractivity contribution is 5.82. The fraction of sp³-hybridized carbons (Fsp3) is 0.700. The smallest absolute Gasteiger partial charge is 0.344 e. The molecule has 3 saturated carbocycles. The second-order valence-corrected chi connectivity index (χ2v) is 16.2. The van der Waals surface area contributed by atoms with Crippen LogP contribution in [0, 0.1) is 60.2 Å². The van der Waals surface area contributed by atoms with Gasteiger partial charge in [-0.2, -0.15) is 0 Å². The highest BCUT2D eigenvalue weighted by Crippen LogP contribution is 2.67. The lowest BCUT2D eigenvalue weighted by Crippen LogP contribution is -2.51. The summed E-state index contributed by atoms with van der Waals surface area (Å²) >= 11 is 0. The Balaban J connectivity index is 1.05. The van der Waals surface area contributed by atoms with Crippen molar-refractivity contribution in [2.24, 2.45) is 46.3 Å². The normalized spacial score (nSPS) is 33.2. The van der Waals surface area contributed by atoms with Crippen LogP contribution in [0.15, 0.2) is 39.1 Å². The molecule has 5 heteroatoms. The van der Waals surface area contributed by atoms with Gasteiger partial charge in [0.1, 0.15) is 17.4 Å². The van der Waals surface area contributed by atoms with Crippen molar-refractivity contribution in [1.29, 1.82) is 0 Å². The predicted octanol–water partition coefficient (Wildman–Crippen LogP) is 9.74. The maximum Gasteiger partial charge on any atom is 0.344 e. The molecular formula is C40H56O5. The summed E-state index contributed by atoms with van der Waals surface area (Å²) in [5, 5.41) is 0.872. The van der Waals surface area contributed by atoms with Gasteiger partial charge in [0.15, 0.2) is 6.61 Å². The first-order chi connectivity index (χ1) is 21.4. The number of fused-ring (bicyclic) bond motifs is 6. The lowest BCUT2D eigenvalue weighted by molar-refractivity contribution is -0.153. The largest absolute Gasteiger partial charge is 0.482 e. The number of hydrogen-bond acceptors (Lipinski definition) is 5. The minimum atomic E-state index is -0.346. The summed E-state index contributed by atoms with van der Waals surface area (Å²) in [5.74, 6) is 5.10. The number of allylic oxidation sites excluding steroid dienone is 1. The molecule has 0 spiro atoms. The highest BCUT2D eigenvalue weighted by atomic mass is 16.6. The lowest BCUT2D eigenvalue weighted by atomic mass is 9.47. The van der Waals surface area contributed by atoms with Gasteiger partial charge in [0.05, 0.1) is 0 Å². The minimum absolute atomic E-state index is 0.0892. The highest BCUT2D eigenvalue weighted by Gasteiger charge is 2.59. The molecule has 0 radical (unpaired) electrons. The summed E-state index contributed by atoms with van der Waals surface area (Å²) in [6, 6.07) is 5.37. The van der Waals surface area contributed by atoms with Gasteiger partial charge in [-0.1, -0.05) is 65.5 Å². The molecule has 4 aliphatic rings. The van der Waals surface area contributed by atoms with Gasteiger partial charge in [0, 0.05) is 23.4 Å². The first-order valence-corrected chi connectivity index (χ1v) is 18.0. The molecule has 6 rings (SSSR count). The van der Waals surface area contributed by atoms with Gasteiger partial charge in [0.25, 0.3) is 0 Å². The molecule has 0 N–H and O–H groups in total. The van der Waals surface area contributed by atoms with Crippen LogP contribution in [0.3, 0.4) is 0 Å².